The molecule has 0 unspecified atom stereocenters. The number of nitro groups is 1. The fourth-order valence-electron chi connectivity index (χ4n) is 2.36. The lowest BCUT2D eigenvalue weighted by Gasteiger charge is -2.07. The molecule has 3 rings (SSSR count). The predicted molar refractivity (Wildman–Crippen MR) is 104 cm³/mol. The van der Waals surface area contributed by atoms with E-state index >= 15 is 0 Å². The molecule has 8 heteroatoms. The van der Waals surface area contributed by atoms with Crippen molar-refractivity contribution in [1.29, 1.82) is 5.26 Å². The highest BCUT2D eigenvalue weighted by molar-refractivity contribution is 7.11. The van der Waals surface area contributed by atoms with Crippen molar-refractivity contribution in [2.75, 3.05) is 12.4 Å². The molecule has 0 aliphatic heterocycles. The number of nitriles is 1. The molecule has 0 bridgehead atoms. The Hall–Kier alpha value is -3.70. The average Bonchev–Trinajstić information content (AvgIpc) is 3.19. The van der Waals surface area contributed by atoms with Gasteiger partial charge in [0.25, 0.3) is 5.69 Å². The lowest BCUT2D eigenvalue weighted by molar-refractivity contribution is -0.384. The largest absolute Gasteiger partial charge is 0.495 e. The predicted octanol–water partition coefficient (Wildman–Crippen LogP) is 4.70. The highest BCUT2D eigenvalue weighted by Crippen LogP contribution is 2.29. The lowest BCUT2D eigenvalue weighted by atomic mass is 10.1. The summed E-state index contributed by atoms with van der Waals surface area (Å²) in [4.78, 5) is 14.9. The zero-order valence-electron chi connectivity index (χ0n) is 14.2. The summed E-state index contributed by atoms with van der Waals surface area (Å²) in [6.45, 7) is 0. The summed E-state index contributed by atoms with van der Waals surface area (Å²) in [7, 11) is 1.57. The van der Waals surface area contributed by atoms with Crippen LogP contribution < -0.4 is 10.1 Å². The standard InChI is InChI=1S/C19H14N4O3S/c1-26-18-8-3-2-7-16(18)21-11-14(10-20)19-22-17(12-27-19)13-5-4-6-15(9-13)23(24)25/h2-9,11-12,21H,1H3. The van der Waals surface area contributed by atoms with Crippen molar-refractivity contribution in [3.8, 4) is 23.1 Å². The Labute approximate surface area is 159 Å². The Morgan fingerprint density at radius 3 is 2.89 bits per heavy atom. The smallest absolute Gasteiger partial charge is 0.270 e. The van der Waals surface area contributed by atoms with Crippen LogP contribution in [0, 0.1) is 21.4 Å². The maximum absolute atomic E-state index is 10.9. The van der Waals surface area contributed by atoms with E-state index in [9.17, 15) is 15.4 Å². The van der Waals surface area contributed by atoms with Gasteiger partial charge in [0, 0.05) is 29.3 Å². The molecular formula is C19H14N4O3S. The normalized spacial score (nSPS) is 10.9. The number of benzene rings is 2. The quantitative estimate of drug-likeness (QED) is 0.379. The Bertz CT molecular complexity index is 1050. The van der Waals surface area contributed by atoms with Gasteiger partial charge in [0.2, 0.25) is 0 Å². The molecule has 7 nitrogen and oxygen atoms in total. The zero-order chi connectivity index (χ0) is 19.2. The van der Waals surface area contributed by atoms with E-state index in [0.717, 1.165) is 5.69 Å². The first kappa shape index (κ1) is 18.1. The summed E-state index contributed by atoms with van der Waals surface area (Å²) in [5.74, 6) is 0.655. The number of thiazole rings is 1. The van der Waals surface area contributed by atoms with Crippen molar-refractivity contribution in [1.82, 2.24) is 4.98 Å². The maximum Gasteiger partial charge on any atom is 0.270 e. The fraction of sp³-hybridized carbons (Fsp3) is 0.0526. The molecule has 0 fully saturated rings. The average molecular weight is 378 g/mol. The number of aromatic nitrogens is 1. The monoisotopic (exact) mass is 378 g/mol. The highest BCUT2D eigenvalue weighted by Gasteiger charge is 2.12. The first-order chi connectivity index (χ1) is 13.1. The molecule has 0 aliphatic rings. The van der Waals surface area contributed by atoms with Crippen LogP contribution in [0.15, 0.2) is 60.1 Å². The van der Waals surface area contributed by atoms with Crippen LogP contribution in [-0.4, -0.2) is 17.0 Å². The summed E-state index contributed by atoms with van der Waals surface area (Å²) >= 11 is 1.29. The molecule has 1 aromatic heterocycles. The van der Waals surface area contributed by atoms with Crippen LogP contribution >= 0.6 is 11.3 Å². The van der Waals surface area contributed by atoms with Gasteiger partial charge in [-0.1, -0.05) is 24.3 Å². The SMILES string of the molecule is COc1ccccc1NC=C(C#N)c1nc(-c2cccc([N+](=O)[O-])c2)cs1. The molecule has 0 amide bonds. The van der Waals surface area contributed by atoms with Crippen LogP contribution in [0.2, 0.25) is 0 Å². The third kappa shape index (κ3) is 4.11. The van der Waals surface area contributed by atoms with E-state index in [4.69, 9.17) is 4.74 Å². The number of para-hydroxylation sites is 2. The van der Waals surface area contributed by atoms with Crippen LogP contribution in [0.5, 0.6) is 5.75 Å². The molecule has 0 radical (unpaired) electrons. The second kappa shape index (κ2) is 8.12. The Balaban J connectivity index is 1.86. The Kier molecular flexibility index (Phi) is 5.44. The van der Waals surface area contributed by atoms with Gasteiger partial charge < -0.3 is 10.1 Å². The van der Waals surface area contributed by atoms with Gasteiger partial charge in [-0.15, -0.1) is 11.3 Å². The lowest BCUT2D eigenvalue weighted by Crippen LogP contribution is -1.94. The first-order valence-corrected chi connectivity index (χ1v) is 8.71. The Morgan fingerprint density at radius 1 is 1.33 bits per heavy atom. The van der Waals surface area contributed by atoms with Crippen LogP contribution in [0.25, 0.3) is 16.8 Å². The molecule has 0 saturated carbocycles. The number of anilines is 1. The van der Waals surface area contributed by atoms with E-state index in [2.05, 4.69) is 16.4 Å². The van der Waals surface area contributed by atoms with Gasteiger partial charge in [0.15, 0.2) is 0 Å². The van der Waals surface area contributed by atoms with Gasteiger partial charge >= 0.3 is 0 Å². The summed E-state index contributed by atoms with van der Waals surface area (Å²) < 4.78 is 5.27. The van der Waals surface area contributed by atoms with Crippen molar-refractivity contribution >= 4 is 28.3 Å². The fourth-order valence-corrected chi connectivity index (χ4v) is 3.16. The molecule has 1 heterocycles. The molecule has 0 aliphatic carbocycles. The van der Waals surface area contributed by atoms with Crippen LogP contribution in [0.3, 0.4) is 0 Å². The molecule has 2 aromatic carbocycles. The minimum atomic E-state index is -0.450. The van der Waals surface area contributed by atoms with Gasteiger partial charge in [0.1, 0.15) is 22.4 Å². The highest BCUT2D eigenvalue weighted by atomic mass is 32.1. The number of allylic oxidation sites excluding steroid dienone is 1. The number of methoxy groups -OCH3 is 1. The molecule has 1 N–H and O–H groups in total. The van der Waals surface area contributed by atoms with Gasteiger partial charge in [-0.25, -0.2) is 4.98 Å². The molecule has 0 spiro atoms. The van der Waals surface area contributed by atoms with Crippen LogP contribution in [0.1, 0.15) is 5.01 Å². The number of non-ortho nitro benzene ring substituents is 1. The molecular weight excluding hydrogens is 364 g/mol. The minimum absolute atomic E-state index is 0.00376. The molecule has 27 heavy (non-hydrogen) atoms. The number of rotatable bonds is 6. The van der Waals surface area contributed by atoms with E-state index in [0.29, 0.717) is 27.6 Å². The Morgan fingerprint density at radius 2 is 2.15 bits per heavy atom. The molecule has 0 atom stereocenters. The molecule has 3 aromatic rings. The summed E-state index contributed by atoms with van der Waals surface area (Å²) in [5, 5.41) is 25.7. The second-order valence-electron chi connectivity index (χ2n) is 5.36. The van der Waals surface area contributed by atoms with Crippen molar-refractivity contribution in [2.45, 2.75) is 0 Å². The van der Waals surface area contributed by atoms with E-state index in [1.54, 1.807) is 30.8 Å². The van der Waals surface area contributed by atoms with Crippen molar-refractivity contribution in [2.24, 2.45) is 0 Å². The molecule has 0 saturated heterocycles. The third-order valence-electron chi connectivity index (χ3n) is 3.69. The van der Waals surface area contributed by atoms with E-state index in [1.807, 2.05) is 24.3 Å². The number of nitro benzene ring substituents is 1. The van der Waals surface area contributed by atoms with E-state index in [-0.39, 0.29) is 5.69 Å². The number of nitrogens with zero attached hydrogens (tertiary/aromatic N) is 3. The number of nitrogens with one attached hydrogen (secondary N) is 1. The summed E-state index contributed by atoms with van der Waals surface area (Å²) in [5.41, 5.74) is 2.28. The topological polar surface area (TPSA) is 101 Å². The first-order valence-electron chi connectivity index (χ1n) is 7.83. The van der Waals surface area contributed by atoms with Gasteiger partial charge in [-0.3, -0.25) is 10.1 Å². The van der Waals surface area contributed by atoms with Crippen molar-refractivity contribution < 1.29 is 9.66 Å². The van der Waals surface area contributed by atoms with E-state index < -0.39 is 4.92 Å². The summed E-state index contributed by atoms with van der Waals surface area (Å²) in [6, 6.07) is 15.7. The minimum Gasteiger partial charge on any atom is -0.495 e. The van der Waals surface area contributed by atoms with Crippen molar-refractivity contribution in [3.05, 3.63) is 75.2 Å². The number of hydrogen-bond donors (Lipinski definition) is 1. The van der Waals surface area contributed by atoms with Crippen LogP contribution in [0.4, 0.5) is 11.4 Å². The third-order valence-corrected chi connectivity index (χ3v) is 4.56. The number of hydrogen-bond acceptors (Lipinski definition) is 7. The van der Waals surface area contributed by atoms with E-state index in [1.165, 1.54) is 23.5 Å². The van der Waals surface area contributed by atoms with Crippen molar-refractivity contribution in [3.63, 3.8) is 0 Å². The second-order valence-corrected chi connectivity index (χ2v) is 6.22. The van der Waals surface area contributed by atoms with Crippen LogP contribution in [-0.2, 0) is 0 Å². The number of ether oxygens (including phenoxy) is 1. The van der Waals surface area contributed by atoms with Gasteiger partial charge in [-0.2, -0.15) is 5.26 Å². The van der Waals surface area contributed by atoms with Gasteiger partial charge in [0.05, 0.1) is 23.4 Å². The summed E-state index contributed by atoms with van der Waals surface area (Å²) in [6.07, 6.45) is 1.56. The van der Waals surface area contributed by atoms with Gasteiger partial charge in [-0.05, 0) is 12.1 Å². The maximum atomic E-state index is 10.9. The zero-order valence-corrected chi connectivity index (χ0v) is 15.1. The molecule has 134 valence electrons.